The summed E-state index contributed by atoms with van der Waals surface area (Å²) in [6.45, 7) is -0.00710. The third-order valence-corrected chi connectivity index (χ3v) is 5.13. The van der Waals surface area contributed by atoms with Crippen molar-refractivity contribution in [1.29, 1.82) is 0 Å². The van der Waals surface area contributed by atoms with Crippen LogP contribution >= 0.6 is 0 Å². The summed E-state index contributed by atoms with van der Waals surface area (Å²) in [6, 6.07) is 13.6. The molecule has 0 aliphatic heterocycles. The van der Waals surface area contributed by atoms with Gasteiger partial charge in [-0.1, -0.05) is 6.07 Å². The predicted octanol–water partition coefficient (Wildman–Crippen LogP) is 3.19. The summed E-state index contributed by atoms with van der Waals surface area (Å²) in [5.41, 5.74) is 0.595. The molecule has 0 amide bonds. The summed E-state index contributed by atoms with van der Waals surface area (Å²) in [4.78, 5) is 14.9. The highest BCUT2D eigenvalue weighted by Gasteiger charge is 2.14. The van der Waals surface area contributed by atoms with Crippen LogP contribution in [0.4, 0.5) is 4.39 Å². The molecule has 0 radical (unpaired) electrons. The van der Waals surface area contributed by atoms with Gasteiger partial charge in [-0.05, 0) is 54.1 Å². The summed E-state index contributed by atoms with van der Waals surface area (Å²) in [5, 5.41) is 8.86. The quantitative estimate of drug-likeness (QED) is 0.629. The maximum absolute atomic E-state index is 12.9. The van der Waals surface area contributed by atoms with E-state index in [0.717, 1.165) is 0 Å². The van der Waals surface area contributed by atoms with E-state index < -0.39 is 16.0 Å². The first kappa shape index (κ1) is 19.5. The highest BCUT2D eigenvalue weighted by atomic mass is 32.2. The van der Waals surface area contributed by atoms with E-state index in [-0.39, 0.29) is 28.7 Å². The van der Waals surface area contributed by atoms with Gasteiger partial charge in [0.05, 0.1) is 10.5 Å². The van der Waals surface area contributed by atoms with E-state index in [1.165, 1.54) is 54.7 Å². The molecule has 3 rings (SSSR count). The number of pyridine rings is 1. The van der Waals surface area contributed by atoms with Crippen LogP contribution < -0.4 is 9.46 Å². The fourth-order valence-electron chi connectivity index (χ4n) is 2.24. The molecule has 0 unspecified atom stereocenters. The monoisotopic (exact) mass is 402 g/mol. The zero-order chi connectivity index (χ0) is 20.1. The van der Waals surface area contributed by atoms with Crippen LogP contribution in [-0.2, 0) is 16.6 Å². The van der Waals surface area contributed by atoms with Crippen molar-refractivity contribution >= 4 is 16.0 Å². The van der Waals surface area contributed by atoms with Crippen LogP contribution in [0.3, 0.4) is 0 Å². The van der Waals surface area contributed by atoms with Crippen molar-refractivity contribution in [3.63, 3.8) is 0 Å². The third kappa shape index (κ3) is 4.90. The molecule has 0 aliphatic carbocycles. The number of nitrogens with zero attached hydrogens (tertiary/aromatic N) is 1. The van der Waals surface area contributed by atoms with Crippen molar-refractivity contribution < 1.29 is 27.4 Å². The second kappa shape index (κ2) is 8.15. The second-order valence-corrected chi connectivity index (χ2v) is 7.48. The Labute approximate surface area is 160 Å². The molecule has 0 atom stereocenters. The number of halogens is 1. The van der Waals surface area contributed by atoms with E-state index in [0.29, 0.717) is 11.3 Å². The number of hydrogen-bond acceptors (Lipinski definition) is 5. The number of carboxylic acids is 1. The molecule has 9 heteroatoms. The molecule has 28 heavy (non-hydrogen) atoms. The Kier molecular flexibility index (Phi) is 5.67. The van der Waals surface area contributed by atoms with E-state index in [9.17, 15) is 17.6 Å². The Balaban J connectivity index is 1.62. The average molecular weight is 402 g/mol. The summed E-state index contributed by atoms with van der Waals surface area (Å²) in [6.07, 6.45) is 1.45. The molecule has 0 bridgehead atoms. The van der Waals surface area contributed by atoms with Gasteiger partial charge in [0, 0.05) is 18.8 Å². The molecule has 1 aromatic heterocycles. The van der Waals surface area contributed by atoms with Crippen molar-refractivity contribution in [2.75, 3.05) is 0 Å². The predicted molar refractivity (Wildman–Crippen MR) is 98.1 cm³/mol. The van der Waals surface area contributed by atoms with Crippen LogP contribution in [-0.4, -0.2) is 24.5 Å². The van der Waals surface area contributed by atoms with Gasteiger partial charge in [0.2, 0.25) is 15.9 Å². The number of rotatable bonds is 7. The van der Waals surface area contributed by atoms with E-state index in [1.807, 2.05) is 0 Å². The number of hydrogen-bond donors (Lipinski definition) is 2. The number of ether oxygens (including phenoxy) is 1. The lowest BCUT2D eigenvalue weighted by molar-refractivity contribution is 0.0696. The molecule has 0 saturated heterocycles. The van der Waals surface area contributed by atoms with Crippen molar-refractivity contribution in [2.24, 2.45) is 0 Å². The van der Waals surface area contributed by atoms with Crippen molar-refractivity contribution in [3.05, 3.63) is 83.8 Å². The maximum atomic E-state index is 12.9. The molecule has 0 aliphatic rings. The Morgan fingerprint density at radius 3 is 2.29 bits per heavy atom. The van der Waals surface area contributed by atoms with Crippen LogP contribution in [0.2, 0.25) is 0 Å². The van der Waals surface area contributed by atoms with E-state index in [4.69, 9.17) is 9.84 Å². The Morgan fingerprint density at radius 1 is 1.04 bits per heavy atom. The first-order valence-corrected chi connectivity index (χ1v) is 9.53. The molecular formula is C19H15FN2O5S. The number of aromatic nitrogens is 1. The Morgan fingerprint density at radius 2 is 1.71 bits per heavy atom. The molecule has 3 aromatic rings. The average Bonchev–Trinajstić information content (AvgIpc) is 2.69. The van der Waals surface area contributed by atoms with Crippen LogP contribution in [0.15, 0.2) is 71.8 Å². The lowest BCUT2D eigenvalue weighted by Gasteiger charge is -2.08. The van der Waals surface area contributed by atoms with Crippen molar-refractivity contribution in [3.8, 4) is 11.6 Å². The smallest absolute Gasteiger partial charge is 0.335 e. The number of carboxylic acid groups (broad SMARTS) is 1. The normalized spacial score (nSPS) is 11.2. The van der Waals surface area contributed by atoms with Crippen LogP contribution in [0.25, 0.3) is 0 Å². The summed E-state index contributed by atoms with van der Waals surface area (Å²) in [5.74, 6) is -0.805. The van der Waals surface area contributed by atoms with Gasteiger partial charge in [-0.25, -0.2) is 27.3 Å². The summed E-state index contributed by atoms with van der Waals surface area (Å²) in [7, 11) is -3.80. The van der Waals surface area contributed by atoms with Crippen molar-refractivity contribution in [1.82, 2.24) is 9.71 Å². The van der Waals surface area contributed by atoms with Crippen LogP contribution in [0, 0.1) is 5.82 Å². The van der Waals surface area contributed by atoms with Crippen molar-refractivity contribution in [2.45, 2.75) is 11.4 Å². The molecule has 144 valence electrons. The minimum Gasteiger partial charge on any atom is -0.478 e. The zero-order valence-corrected chi connectivity index (χ0v) is 15.2. The topological polar surface area (TPSA) is 106 Å². The lowest BCUT2D eigenvalue weighted by atomic mass is 10.2. The highest BCUT2D eigenvalue weighted by Crippen LogP contribution is 2.19. The van der Waals surface area contributed by atoms with Gasteiger partial charge in [0.25, 0.3) is 0 Å². The SMILES string of the molecule is O=C(O)c1ccc(S(=O)(=O)NCc2ccc(Oc3ccc(F)cc3)nc2)cc1. The fourth-order valence-corrected chi connectivity index (χ4v) is 3.26. The summed E-state index contributed by atoms with van der Waals surface area (Å²) >= 11 is 0. The standard InChI is InChI=1S/C19H15FN2O5S/c20-15-4-6-16(7-5-15)27-18-10-1-13(11-21-18)12-22-28(25,26)17-8-2-14(3-9-17)19(23)24/h1-11,22H,12H2,(H,23,24). The van der Waals surface area contributed by atoms with Gasteiger partial charge in [0.1, 0.15) is 11.6 Å². The minimum atomic E-state index is -3.80. The van der Waals surface area contributed by atoms with Gasteiger partial charge >= 0.3 is 5.97 Å². The molecule has 2 N–H and O–H groups in total. The third-order valence-electron chi connectivity index (χ3n) is 3.71. The molecule has 0 saturated carbocycles. The first-order valence-electron chi connectivity index (χ1n) is 8.05. The summed E-state index contributed by atoms with van der Waals surface area (Å²) < 4.78 is 45.3. The maximum Gasteiger partial charge on any atom is 0.335 e. The number of sulfonamides is 1. The van der Waals surface area contributed by atoms with Crippen LogP contribution in [0.1, 0.15) is 15.9 Å². The van der Waals surface area contributed by atoms with Gasteiger partial charge in [-0.2, -0.15) is 0 Å². The molecular weight excluding hydrogens is 387 g/mol. The van der Waals surface area contributed by atoms with Gasteiger partial charge in [0.15, 0.2) is 0 Å². The van der Waals surface area contributed by atoms with Crippen LogP contribution in [0.5, 0.6) is 11.6 Å². The fraction of sp³-hybridized carbons (Fsp3) is 0.0526. The number of benzene rings is 2. The second-order valence-electron chi connectivity index (χ2n) is 5.71. The number of aromatic carboxylic acids is 1. The molecule has 2 aromatic carbocycles. The number of carbonyl (C=O) groups is 1. The lowest BCUT2D eigenvalue weighted by Crippen LogP contribution is -2.23. The molecule has 7 nitrogen and oxygen atoms in total. The Hall–Kier alpha value is -3.30. The molecule has 0 spiro atoms. The highest BCUT2D eigenvalue weighted by molar-refractivity contribution is 7.89. The van der Waals surface area contributed by atoms with Gasteiger partial charge in [-0.3, -0.25) is 0 Å². The minimum absolute atomic E-state index is 0.0000988. The molecule has 0 fully saturated rings. The zero-order valence-electron chi connectivity index (χ0n) is 14.4. The first-order chi connectivity index (χ1) is 13.3. The number of nitrogens with one attached hydrogen (secondary N) is 1. The Bertz CT molecular complexity index is 1070. The van der Waals surface area contributed by atoms with Gasteiger partial charge < -0.3 is 9.84 Å². The molecule has 1 heterocycles. The van der Waals surface area contributed by atoms with Gasteiger partial charge in [-0.15, -0.1) is 0 Å². The van der Waals surface area contributed by atoms with E-state index in [1.54, 1.807) is 12.1 Å². The van der Waals surface area contributed by atoms with E-state index >= 15 is 0 Å². The largest absolute Gasteiger partial charge is 0.478 e. The van der Waals surface area contributed by atoms with E-state index in [2.05, 4.69) is 9.71 Å².